The molecule has 5 heteroatoms. The monoisotopic (exact) mass is 301 g/mol. The predicted octanol–water partition coefficient (Wildman–Crippen LogP) is 3.51. The molecule has 0 saturated heterocycles. The van der Waals surface area contributed by atoms with Crippen LogP contribution in [0, 0.1) is 0 Å². The molecule has 0 fully saturated rings. The standard InChI is InChI=1S/C16H16ClN3O/c1-2-9-18-15-8-7-14(11-19-15)20-16(21)10-12-3-5-13(17)6-4-12/h2-8,11H,1,9-10H2,(H,18,19)(H,20,21). The summed E-state index contributed by atoms with van der Waals surface area (Å²) >= 11 is 5.81. The van der Waals surface area contributed by atoms with E-state index < -0.39 is 0 Å². The third-order valence-corrected chi connectivity index (χ3v) is 3.00. The molecule has 0 aliphatic rings. The van der Waals surface area contributed by atoms with Crippen molar-refractivity contribution in [2.45, 2.75) is 6.42 Å². The van der Waals surface area contributed by atoms with Crippen LogP contribution in [0.5, 0.6) is 0 Å². The third kappa shape index (κ3) is 4.93. The number of pyridine rings is 1. The Hall–Kier alpha value is -2.33. The minimum Gasteiger partial charge on any atom is -0.367 e. The van der Waals surface area contributed by atoms with Gasteiger partial charge in [-0.25, -0.2) is 4.98 Å². The quantitative estimate of drug-likeness (QED) is 0.803. The number of carbonyl (C=O) groups is 1. The summed E-state index contributed by atoms with van der Waals surface area (Å²) in [6.45, 7) is 4.27. The van der Waals surface area contributed by atoms with Gasteiger partial charge in [0.1, 0.15) is 5.82 Å². The molecule has 4 nitrogen and oxygen atoms in total. The number of nitrogens with one attached hydrogen (secondary N) is 2. The Morgan fingerprint density at radius 2 is 2.00 bits per heavy atom. The summed E-state index contributed by atoms with van der Waals surface area (Å²) in [4.78, 5) is 16.1. The molecule has 0 atom stereocenters. The lowest BCUT2D eigenvalue weighted by Gasteiger charge is -2.07. The van der Waals surface area contributed by atoms with Gasteiger partial charge >= 0.3 is 0 Å². The fourth-order valence-electron chi connectivity index (χ4n) is 1.74. The fourth-order valence-corrected chi connectivity index (χ4v) is 1.87. The SMILES string of the molecule is C=CCNc1ccc(NC(=O)Cc2ccc(Cl)cc2)cn1. The van der Waals surface area contributed by atoms with Crippen LogP contribution in [0.4, 0.5) is 11.5 Å². The van der Waals surface area contributed by atoms with E-state index in [4.69, 9.17) is 11.6 Å². The minimum atomic E-state index is -0.0917. The summed E-state index contributed by atoms with van der Waals surface area (Å²) in [5, 5.41) is 6.53. The summed E-state index contributed by atoms with van der Waals surface area (Å²) in [5.74, 6) is 0.650. The van der Waals surface area contributed by atoms with Crippen molar-refractivity contribution in [2.24, 2.45) is 0 Å². The zero-order chi connectivity index (χ0) is 15.1. The minimum absolute atomic E-state index is 0.0917. The largest absolute Gasteiger partial charge is 0.367 e. The van der Waals surface area contributed by atoms with Gasteiger partial charge in [-0.05, 0) is 29.8 Å². The van der Waals surface area contributed by atoms with Gasteiger partial charge in [0.2, 0.25) is 5.91 Å². The van der Waals surface area contributed by atoms with Crippen LogP contribution in [-0.4, -0.2) is 17.4 Å². The van der Waals surface area contributed by atoms with E-state index in [1.807, 2.05) is 12.1 Å². The van der Waals surface area contributed by atoms with Crippen LogP contribution in [0.15, 0.2) is 55.3 Å². The number of hydrogen-bond acceptors (Lipinski definition) is 3. The van der Waals surface area contributed by atoms with E-state index in [0.717, 1.165) is 11.4 Å². The van der Waals surface area contributed by atoms with Crippen molar-refractivity contribution in [2.75, 3.05) is 17.2 Å². The van der Waals surface area contributed by atoms with Gasteiger partial charge in [-0.1, -0.05) is 29.8 Å². The number of carbonyl (C=O) groups excluding carboxylic acids is 1. The Labute approximate surface area is 128 Å². The van der Waals surface area contributed by atoms with Crippen LogP contribution >= 0.6 is 11.6 Å². The van der Waals surface area contributed by atoms with Crippen LogP contribution in [-0.2, 0) is 11.2 Å². The first-order valence-corrected chi connectivity index (χ1v) is 6.90. The van der Waals surface area contributed by atoms with E-state index in [-0.39, 0.29) is 5.91 Å². The Balaban J connectivity index is 1.90. The molecule has 0 aliphatic heterocycles. The predicted molar refractivity (Wildman–Crippen MR) is 86.7 cm³/mol. The number of benzene rings is 1. The van der Waals surface area contributed by atoms with Gasteiger partial charge in [0.05, 0.1) is 18.3 Å². The molecule has 0 spiro atoms. The molecular formula is C16H16ClN3O. The lowest BCUT2D eigenvalue weighted by atomic mass is 10.1. The summed E-state index contributed by atoms with van der Waals surface area (Å²) in [5.41, 5.74) is 1.58. The molecule has 0 radical (unpaired) electrons. The van der Waals surface area contributed by atoms with Crippen molar-refractivity contribution in [1.82, 2.24) is 4.98 Å². The number of aromatic nitrogens is 1. The number of anilines is 2. The number of halogens is 1. The van der Waals surface area contributed by atoms with Gasteiger partial charge in [0, 0.05) is 11.6 Å². The van der Waals surface area contributed by atoms with E-state index in [1.54, 1.807) is 36.5 Å². The van der Waals surface area contributed by atoms with E-state index in [1.165, 1.54) is 0 Å². The van der Waals surface area contributed by atoms with Crippen LogP contribution in [0.3, 0.4) is 0 Å². The van der Waals surface area contributed by atoms with Gasteiger partial charge < -0.3 is 10.6 Å². The average Bonchev–Trinajstić information content (AvgIpc) is 2.49. The molecule has 0 bridgehead atoms. The van der Waals surface area contributed by atoms with Gasteiger partial charge in [-0.2, -0.15) is 0 Å². The van der Waals surface area contributed by atoms with Crippen molar-refractivity contribution in [1.29, 1.82) is 0 Å². The van der Waals surface area contributed by atoms with E-state index >= 15 is 0 Å². The molecule has 0 aliphatic carbocycles. The number of rotatable bonds is 6. The van der Waals surface area contributed by atoms with Crippen molar-refractivity contribution in [3.63, 3.8) is 0 Å². The van der Waals surface area contributed by atoms with Crippen LogP contribution in [0.2, 0.25) is 5.02 Å². The lowest BCUT2D eigenvalue weighted by molar-refractivity contribution is -0.115. The number of nitrogens with zero attached hydrogens (tertiary/aromatic N) is 1. The number of amides is 1. The second-order valence-corrected chi connectivity index (χ2v) is 4.89. The molecule has 1 amide bonds. The van der Waals surface area contributed by atoms with Crippen molar-refractivity contribution in [3.8, 4) is 0 Å². The summed E-state index contributed by atoms with van der Waals surface area (Å²) in [6, 6.07) is 10.8. The Kier molecular flexibility index (Phi) is 5.35. The summed E-state index contributed by atoms with van der Waals surface area (Å²) in [6.07, 6.45) is 3.67. The normalized spacial score (nSPS) is 9.95. The number of hydrogen-bond donors (Lipinski definition) is 2. The molecule has 0 unspecified atom stereocenters. The zero-order valence-corrected chi connectivity index (χ0v) is 12.2. The molecule has 0 saturated carbocycles. The maximum absolute atomic E-state index is 11.9. The lowest BCUT2D eigenvalue weighted by Crippen LogP contribution is -2.14. The summed E-state index contributed by atoms with van der Waals surface area (Å²) in [7, 11) is 0. The average molecular weight is 302 g/mol. The second kappa shape index (κ2) is 7.45. The van der Waals surface area contributed by atoms with Gasteiger partial charge in [0.15, 0.2) is 0 Å². The molecule has 2 N–H and O–H groups in total. The highest BCUT2D eigenvalue weighted by molar-refractivity contribution is 6.30. The molecule has 1 heterocycles. The van der Waals surface area contributed by atoms with E-state index in [2.05, 4.69) is 22.2 Å². The fraction of sp³-hybridized carbons (Fsp3) is 0.125. The van der Waals surface area contributed by atoms with E-state index in [9.17, 15) is 4.79 Å². The summed E-state index contributed by atoms with van der Waals surface area (Å²) < 4.78 is 0. The maximum Gasteiger partial charge on any atom is 0.228 e. The molecule has 1 aromatic carbocycles. The van der Waals surface area contributed by atoms with Gasteiger partial charge in [0.25, 0.3) is 0 Å². The zero-order valence-electron chi connectivity index (χ0n) is 11.5. The molecule has 2 rings (SSSR count). The van der Waals surface area contributed by atoms with Crippen LogP contribution in [0.1, 0.15) is 5.56 Å². The molecule has 21 heavy (non-hydrogen) atoms. The molecule has 1 aromatic heterocycles. The molecule has 2 aromatic rings. The van der Waals surface area contributed by atoms with Gasteiger partial charge in [-0.15, -0.1) is 6.58 Å². The first-order valence-electron chi connectivity index (χ1n) is 6.52. The highest BCUT2D eigenvalue weighted by Crippen LogP contribution is 2.12. The van der Waals surface area contributed by atoms with Gasteiger partial charge in [-0.3, -0.25) is 4.79 Å². The van der Waals surface area contributed by atoms with Crippen molar-refractivity contribution in [3.05, 3.63) is 65.8 Å². The van der Waals surface area contributed by atoms with Crippen molar-refractivity contribution < 1.29 is 4.79 Å². The first kappa shape index (κ1) is 15.1. The van der Waals surface area contributed by atoms with Crippen LogP contribution in [0.25, 0.3) is 0 Å². The third-order valence-electron chi connectivity index (χ3n) is 2.75. The second-order valence-electron chi connectivity index (χ2n) is 4.45. The molecule has 108 valence electrons. The highest BCUT2D eigenvalue weighted by atomic mass is 35.5. The Morgan fingerprint density at radius 1 is 1.24 bits per heavy atom. The topological polar surface area (TPSA) is 54.0 Å². The smallest absolute Gasteiger partial charge is 0.228 e. The van der Waals surface area contributed by atoms with Crippen molar-refractivity contribution >= 4 is 29.0 Å². The highest BCUT2D eigenvalue weighted by Gasteiger charge is 2.04. The first-order chi connectivity index (χ1) is 10.2. The Bertz CT molecular complexity index is 608. The van der Waals surface area contributed by atoms with Crippen LogP contribution < -0.4 is 10.6 Å². The molecular weight excluding hydrogens is 286 g/mol. The Morgan fingerprint density at radius 3 is 2.62 bits per heavy atom. The maximum atomic E-state index is 11.9. The van der Waals surface area contributed by atoms with E-state index in [0.29, 0.717) is 23.7 Å².